The molecule has 3 heterocycles. The molecule has 0 saturated heterocycles. The summed E-state index contributed by atoms with van der Waals surface area (Å²) in [6, 6.07) is 66.0. The van der Waals surface area contributed by atoms with E-state index < -0.39 is 0 Å². The molecule has 0 aliphatic heterocycles. The topological polar surface area (TPSA) is 62.4 Å². The second-order valence-electron chi connectivity index (χ2n) is 14.0. The van der Waals surface area contributed by atoms with Crippen molar-refractivity contribution in [1.82, 2.24) is 13.7 Å². The Kier molecular flexibility index (Phi) is 6.61. The third kappa shape index (κ3) is 4.51. The highest BCUT2D eigenvalue weighted by molar-refractivity contribution is 6.13. The van der Waals surface area contributed by atoms with Crippen LogP contribution in [0.25, 0.3) is 93.6 Å². The van der Waals surface area contributed by atoms with E-state index in [1.165, 1.54) is 21.8 Å². The maximum Gasteiger partial charge on any atom is 0.0991 e. The highest BCUT2D eigenvalue weighted by Crippen LogP contribution is 2.40. The van der Waals surface area contributed by atoms with Gasteiger partial charge in [-0.25, -0.2) is 0 Å². The summed E-state index contributed by atoms with van der Waals surface area (Å²) in [5.74, 6) is 0. The number of nitrogens with zero attached hydrogens (tertiary/aromatic N) is 5. The van der Waals surface area contributed by atoms with Crippen molar-refractivity contribution in [3.05, 3.63) is 187 Å². The summed E-state index contributed by atoms with van der Waals surface area (Å²) < 4.78 is 6.96. The molecule has 55 heavy (non-hydrogen) atoms. The third-order valence-electron chi connectivity index (χ3n) is 11.1. The first-order valence-corrected chi connectivity index (χ1v) is 18.3. The van der Waals surface area contributed by atoms with Crippen LogP contribution in [-0.2, 0) is 0 Å². The average Bonchev–Trinajstić information content (AvgIpc) is 3.88. The Morgan fingerprint density at radius 2 is 0.782 bits per heavy atom. The molecular formula is C50H29N5. The summed E-state index contributed by atoms with van der Waals surface area (Å²) in [7, 11) is 0. The van der Waals surface area contributed by atoms with Crippen molar-refractivity contribution in [1.29, 1.82) is 10.5 Å². The van der Waals surface area contributed by atoms with Crippen LogP contribution >= 0.6 is 0 Å². The lowest BCUT2D eigenvalue weighted by atomic mass is 10.00. The van der Waals surface area contributed by atoms with E-state index in [1.54, 1.807) is 0 Å². The highest BCUT2D eigenvalue weighted by Gasteiger charge is 2.20. The molecule has 11 rings (SSSR count). The monoisotopic (exact) mass is 699 g/mol. The number of benzene rings is 8. The lowest BCUT2D eigenvalue weighted by Gasteiger charge is -2.16. The van der Waals surface area contributed by atoms with E-state index in [0.29, 0.717) is 11.1 Å². The number of aromatic nitrogens is 3. The molecular weight excluding hydrogens is 671 g/mol. The van der Waals surface area contributed by atoms with Gasteiger partial charge in [0.05, 0.1) is 62.1 Å². The largest absolute Gasteiger partial charge is 0.309 e. The van der Waals surface area contributed by atoms with E-state index in [9.17, 15) is 10.5 Å². The van der Waals surface area contributed by atoms with Gasteiger partial charge in [-0.05, 0) is 90.5 Å². The Labute approximate surface area is 316 Å². The van der Waals surface area contributed by atoms with Crippen molar-refractivity contribution in [3.63, 3.8) is 0 Å². The van der Waals surface area contributed by atoms with Crippen molar-refractivity contribution < 1.29 is 0 Å². The predicted octanol–water partition coefficient (Wildman–Crippen LogP) is 12.4. The van der Waals surface area contributed by atoms with Gasteiger partial charge >= 0.3 is 0 Å². The molecule has 254 valence electrons. The van der Waals surface area contributed by atoms with Crippen LogP contribution in [0.3, 0.4) is 0 Å². The van der Waals surface area contributed by atoms with Crippen LogP contribution in [0.4, 0.5) is 0 Å². The number of nitriles is 2. The fraction of sp³-hybridized carbons (Fsp3) is 0. The van der Waals surface area contributed by atoms with Gasteiger partial charge < -0.3 is 13.7 Å². The van der Waals surface area contributed by atoms with Crippen LogP contribution in [-0.4, -0.2) is 13.7 Å². The van der Waals surface area contributed by atoms with Crippen LogP contribution in [0.15, 0.2) is 176 Å². The molecule has 0 aliphatic rings. The van der Waals surface area contributed by atoms with Crippen molar-refractivity contribution in [2.24, 2.45) is 0 Å². The Hall–Kier alpha value is -7.86. The standard InChI is InChI=1S/C50H29N5/c51-30-32-17-25-48(42(27-32)34-19-21-35(22-20-34)53-44-13-5-1-9-37(44)38-10-2-6-14-45(38)53)55-47-16-8-3-11-39(47)41-24-23-36(29-50(41)55)54-46-15-7-4-12-40(46)43-28-33(31-52)18-26-49(43)54/h1-29H. The first-order chi connectivity index (χ1) is 27.2. The SMILES string of the molecule is N#Cc1ccc(-n2c3ccccc3c3ccc(-n4c5ccccc5c5cc(C#N)ccc54)cc32)c(-c2ccc(-n3c4ccccc4c4ccccc43)cc2)c1. The first-order valence-electron chi connectivity index (χ1n) is 18.3. The molecule has 8 aromatic carbocycles. The summed E-state index contributed by atoms with van der Waals surface area (Å²) in [6.45, 7) is 0. The molecule has 0 atom stereocenters. The van der Waals surface area contributed by atoms with E-state index in [4.69, 9.17) is 0 Å². The Bertz CT molecular complexity index is 3400. The maximum absolute atomic E-state index is 10.1. The summed E-state index contributed by atoms with van der Waals surface area (Å²) in [6.07, 6.45) is 0. The van der Waals surface area contributed by atoms with Crippen LogP contribution in [0, 0.1) is 22.7 Å². The number of fused-ring (bicyclic) bond motifs is 9. The minimum Gasteiger partial charge on any atom is -0.309 e. The molecule has 0 saturated carbocycles. The van der Waals surface area contributed by atoms with Crippen molar-refractivity contribution in [3.8, 4) is 40.3 Å². The van der Waals surface area contributed by atoms with E-state index in [-0.39, 0.29) is 0 Å². The van der Waals surface area contributed by atoms with E-state index in [1.807, 2.05) is 30.3 Å². The molecule has 5 nitrogen and oxygen atoms in total. The zero-order valence-corrected chi connectivity index (χ0v) is 29.5. The van der Waals surface area contributed by atoms with E-state index in [0.717, 1.165) is 71.8 Å². The van der Waals surface area contributed by atoms with Gasteiger partial charge in [0, 0.05) is 49.3 Å². The number of hydrogen-bond donors (Lipinski definition) is 0. The van der Waals surface area contributed by atoms with Crippen LogP contribution in [0.5, 0.6) is 0 Å². The number of hydrogen-bond acceptors (Lipinski definition) is 2. The second-order valence-corrected chi connectivity index (χ2v) is 14.0. The highest BCUT2D eigenvalue weighted by atomic mass is 15.0. The lowest BCUT2D eigenvalue weighted by Crippen LogP contribution is -2.00. The van der Waals surface area contributed by atoms with Gasteiger partial charge in [0.2, 0.25) is 0 Å². The van der Waals surface area contributed by atoms with E-state index >= 15 is 0 Å². The Morgan fingerprint density at radius 3 is 1.38 bits per heavy atom. The van der Waals surface area contributed by atoms with Crippen molar-refractivity contribution >= 4 is 65.4 Å². The second kappa shape index (κ2) is 11.8. The Morgan fingerprint density at radius 1 is 0.327 bits per heavy atom. The van der Waals surface area contributed by atoms with Gasteiger partial charge in [-0.15, -0.1) is 0 Å². The minimum absolute atomic E-state index is 0.605. The summed E-state index contributed by atoms with van der Waals surface area (Å²) >= 11 is 0. The number of para-hydroxylation sites is 4. The lowest BCUT2D eigenvalue weighted by molar-refractivity contribution is 1.15. The fourth-order valence-corrected chi connectivity index (χ4v) is 8.70. The van der Waals surface area contributed by atoms with Gasteiger partial charge in [-0.1, -0.05) is 91.0 Å². The molecule has 0 fully saturated rings. The average molecular weight is 700 g/mol. The summed E-state index contributed by atoms with van der Waals surface area (Å²) in [4.78, 5) is 0. The molecule has 0 aliphatic carbocycles. The van der Waals surface area contributed by atoms with Crippen molar-refractivity contribution in [2.75, 3.05) is 0 Å². The normalized spacial score (nSPS) is 11.6. The molecule has 5 heteroatoms. The van der Waals surface area contributed by atoms with Gasteiger partial charge in [-0.3, -0.25) is 0 Å². The fourth-order valence-electron chi connectivity index (χ4n) is 8.70. The first kappa shape index (κ1) is 30.7. The molecule has 0 bridgehead atoms. The minimum atomic E-state index is 0.605. The summed E-state index contributed by atoms with van der Waals surface area (Å²) in [5.41, 5.74) is 12.9. The molecule has 3 aromatic heterocycles. The van der Waals surface area contributed by atoms with Gasteiger partial charge in [0.25, 0.3) is 0 Å². The predicted molar refractivity (Wildman–Crippen MR) is 224 cm³/mol. The smallest absolute Gasteiger partial charge is 0.0991 e. The van der Waals surface area contributed by atoms with Crippen LogP contribution < -0.4 is 0 Å². The third-order valence-corrected chi connectivity index (χ3v) is 11.1. The van der Waals surface area contributed by atoms with Gasteiger partial charge in [0.1, 0.15) is 0 Å². The zero-order chi connectivity index (χ0) is 36.6. The van der Waals surface area contributed by atoms with Gasteiger partial charge in [-0.2, -0.15) is 10.5 Å². The van der Waals surface area contributed by atoms with Crippen molar-refractivity contribution in [2.45, 2.75) is 0 Å². The zero-order valence-electron chi connectivity index (χ0n) is 29.5. The van der Waals surface area contributed by atoms with E-state index in [2.05, 4.69) is 171 Å². The molecule has 0 radical (unpaired) electrons. The molecule has 0 amide bonds. The molecule has 0 spiro atoms. The molecule has 0 N–H and O–H groups in total. The number of rotatable bonds is 4. The molecule has 0 unspecified atom stereocenters. The van der Waals surface area contributed by atoms with Gasteiger partial charge in [0.15, 0.2) is 0 Å². The van der Waals surface area contributed by atoms with Crippen LogP contribution in [0.1, 0.15) is 11.1 Å². The quantitative estimate of drug-likeness (QED) is 0.184. The maximum atomic E-state index is 10.1. The van der Waals surface area contributed by atoms with Crippen LogP contribution in [0.2, 0.25) is 0 Å². The summed E-state index contributed by atoms with van der Waals surface area (Å²) in [5, 5.41) is 26.7. The Balaban J connectivity index is 1.13. The molecule has 11 aromatic rings.